The molecule has 0 spiro atoms. The molecular weight excluding hydrogens is 677 g/mol. The van der Waals surface area contributed by atoms with Gasteiger partial charge in [-0.25, -0.2) is 0 Å². The Morgan fingerprint density at radius 2 is 1.60 bits per heavy atom. The zero-order valence-corrected chi connectivity index (χ0v) is 29.9. The van der Waals surface area contributed by atoms with Gasteiger partial charge in [-0.2, -0.15) is 8.42 Å². The summed E-state index contributed by atoms with van der Waals surface area (Å²) in [5.74, 6) is 0.643. The molecule has 0 radical (unpaired) electrons. The number of ether oxygens (including phenoxy) is 2. The first-order valence-corrected chi connectivity index (χ1v) is 18.4. The number of nitrogens with one attached hydrogen (secondary N) is 2. The summed E-state index contributed by atoms with van der Waals surface area (Å²) in [5.41, 5.74) is 5.11. The van der Waals surface area contributed by atoms with Crippen LogP contribution in [0.3, 0.4) is 0 Å². The molecule has 1 aliphatic carbocycles. The van der Waals surface area contributed by atoms with Gasteiger partial charge in [-0.15, -0.1) is 0 Å². The highest BCUT2D eigenvalue weighted by Gasteiger charge is 2.40. The molecule has 2 amide bonds. The molecule has 5 rings (SSSR count). The van der Waals surface area contributed by atoms with Crippen molar-refractivity contribution in [1.29, 1.82) is 0 Å². The van der Waals surface area contributed by atoms with Gasteiger partial charge in [0.25, 0.3) is 16.0 Å². The van der Waals surface area contributed by atoms with Gasteiger partial charge in [-0.05, 0) is 105 Å². The number of aryl methyl sites for hydroxylation is 2. The Bertz CT molecular complexity index is 1670. The fourth-order valence-electron chi connectivity index (χ4n) is 5.53. The van der Waals surface area contributed by atoms with Gasteiger partial charge in [0, 0.05) is 30.7 Å². The van der Waals surface area contributed by atoms with Crippen molar-refractivity contribution >= 4 is 45.1 Å². The lowest BCUT2D eigenvalue weighted by atomic mass is 9.91. The van der Waals surface area contributed by atoms with Crippen LogP contribution in [0.4, 0.5) is 0 Å². The van der Waals surface area contributed by atoms with E-state index in [0.717, 1.165) is 24.9 Å². The minimum atomic E-state index is -3.67. The molecule has 2 aliphatic rings. The summed E-state index contributed by atoms with van der Waals surface area (Å²) >= 11 is 12.5. The van der Waals surface area contributed by atoms with Gasteiger partial charge in [0.2, 0.25) is 5.91 Å². The summed E-state index contributed by atoms with van der Waals surface area (Å²) in [7, 11) is -3.67. The van der Waals surface area contributed by atoms with Crippen LogP contribution in [0, 0.1) is 26.7 Å². The number of carbonyl (C=O) groups excluding carboxylic acids is 2. The number of amides is 2. The van der Waals surface area contributed by atoms with Crippen molar-refractivity contribution in [2.45, 2.75) is 58.7 Å². The van der Waals surface area contributed by atoms with E-state index in [9.17, 15) is 18.0 Å². The Hall–Kier alpha value is -3.35. The third kappa shape index (κ3) is 11.1. The van der Waals surface area contributed by atoms with Gasteiger partial charge in [-0.3, -0.25) is 14.1 Å². The molecule has 48 heavy (non-hydrogen) atoms. The minimum Gasteiger partial charge on any atom is -0.490 e. The van der Waals surface area contributed by atoms with Gasteiger partial charge in [-0.1, -0.05) is 41.4 Å². The van der Waals surface area contributed by atoms with Crippen LogP contribution >= 0.6 is 23.2 Å². The standard InChI is InChI=1S/C34H39Cl2N3O4.CH4O3S/c1-21-17-29(35)32(30(36)18-21)43-16-15-42-27-11-7-24(8-12-27)33(40)38-31-13-14-37-19-28(31)34(41)39(26-9-10-26)20-25-6-4-5-22(2)23(25)3;1-5(2,3)4/h4-8,11-12,17-18,26,28,31,37H,9-10,13-16,19-20H2,1-3H3,(H,38,40);1H3,(H,2,3,4)/t28?,31-;/m0./s1. The number of halogens is 2. The van der Waals surface area contributed by atoms with E-state index in [-0.39, 0.29) is 43.0 Å². The molecule has 2 fully saturated rings. The second kappa shape index (κ2) is 16.8. The summed E-state index contributed by atoms with van der Waals surface area (Å²) in [5, 5.41) is 7.44. The first kappa shape index (κ1) is 37.5. The quantitative estimate of drug-likeness (QED) is 0.168. The molecule has 0 aromatic heterocycles. The van der Waals surface area contributed by atoms with Gasteiger partial charge < -0.3 is 25.0 Å². The lowest BCUT2D eigenvalue weighted by Gasteiger charge is -2.36. The molecule has 13 heteroatoms. The van der Waals surface area contributed by atoms with Crippen molar-refractivity contribution in [1.82, 2.24) is 15.5 Å². The predicted octanol–water partition coefficient (Wildman–Crippen LogP) is 5.78. The molecule has 1 heterocycles. The van der Waals surface area contributed by atoms with E-state index in [2.05, 4.69) is 42.7 Å². The van der Waals surface area contributed by atoms with E-state index < -0.39 is 10.1 Å². The van der Waals surface area contributed by atoms with E-state index in [0.29, 0.717) is 52.9 Å². The maximum absolute atomic E-state index is 13.9. The summed E-state index contributed by atoms with van der Waals surface area (Å²) in [4.78, 5) is 29.2. The number of piperidine rings is 1. The van der Waals surface area contributed by atoms with E-state index in [1.54, 1.807) is 36.4 Å². The molecule has 2 atom stereocenters. The van der Waals surface area contributed by atoms with Crippen molar-refractivity contribution in [3.63, 3.8) is 0 Å². The first-order valence-electron chi connectivity index (χ1n) is 15.8. The lowest BCUT2D eigenvalue weighted by Crippen LogP contribution is -2.55. The Labute approximate surface area is 292 Å². The number of nitrogens with zero attached hydrogens (tertiary/aromatic N) is 1. The van der Waals surface area contributed by atoms with Crippen molar-refractivity contribution < 1.29 is 32.0 Å². The largest absolute Gasteiger partial charge is 0.490 e. The van der Waals surface area contributed by atoms with E-state index in [1.807, 2.05) is 11.8 Å². The van der Waals surface area contributed by atoms with Crippen molar-refractivity contribution in [2.24, 2.45) is 5.92 Å². The Morgan fingerprint density at radius 3 is 2.23 bits per heavy atom. The summed E-state index contributed by atoms with van der Waals surface area (Å²) < 4.78 is 37.4. The highest BCUT2D eigenvalue weighted by molar-refractivity contribution is 7.85. The average Bonchev–Trinajstić information content (AvgIpc) is 3.86. The van der Waals surface area contributed by atoms with Gasteiger partial charge in [0.15, 0.2) is 5.75 Å². The number of hydrogen-bond donors (Lipinski definition) is 3. The molecule has 3 aromatic rings. The first-order chi connectivity index (χ1) is 22.7. The topological polar surface area (TPSA) is 134 Å². The van der Waals surface area contributed by atoms with E-state index >= 15 is 0 Å². The van der Waals surface area contributed by atoms with Crippen molar-refractivity contribution in [2.75, 3.05) is 32.6 Å². The molecular formula is C35H43Cl2N3O7S. The molecule has 260 valence electrons. The molecule has 1 aliphatic heterocycles. The normalized spacial score (nSPS) is 17.5. The number of carbonyl (C=O) groups is 2. The molecule has 0 bridgehead atoms. The van der Waals surface area contributed by atoms with Crippen LogP contribution in [0.5, 0.6) is 11.5 Å². The Balaban J connectivity index is 0.000000968. The Kier molecular flexibility index (Phi) is 13.2. The van der Waals surface area contributed by atoms with Crippen LogP contribution in [0.2, 0.25) is 10.0 Å². The maximum atomic E-state index is 13.9. The number of benzene rings is 3. The van der Waals surface area contributed by atoms with Gasteiger partial charge >= 0.3 is 0 Å². The molecule has 10 nitrogen and oxygen atoms in total. The second-order valence-corrected chi connectivity index (χ2v) is 14.5. The second-order valence-electron chi connectivity index (χ2n) is 12.2. The zero-order valence-electron chi connectivity index (χ0n) is 27.6. The molecule has 3 N–H and O–H groups in total. The molecule has 1 saturated heterocycles. The third-order valence-corrected chi connectivity index (χ3v) is 8.86. The summed E-state index contributed by atoms with van der Waals surface area (Å²) in [6.45, 7) is 8.58. The highest BCUT2D eigenvalue weighted by atomic mass is 35.5. The van der Waals surface area contributed by atoms with Crippen LogP contribution in [-0.4, -0.2) is 74.3 Å². The molecule has 1 saturated carbocycles. The summed E-state index contributed by atoms with van der Waals surface area (Å²) in [6.07, 6.45) is 3.47. The highest BCUT2D eigenvalue weighted by Crippen LogP contribution is 2.34. The minimum absolute atomic E-state index is 0.111. The molecule has 3 aromatic carbocycles. The van der Waals surface area contributed by atoms with Crippen LogP contribution in [0.15, 0.2) is 54.6 Å². The van der Waals surface area contributed by atoms with Crippen LogP contribution in [-0.2, 0) is 21.5 Å². The SMILES string of the molecule is CS(=O)(=O)O.Cc1cc(Cl)c(OCCOc2ccc(C(=O)N[C@H]3CCNCC3C(=O)N(Cc3cccc(C)c3C)C3CC3)cc2)c(Cl)c1. The van der Waals surface area contributed by atoms with Crippen LogP contribution < -0.4 is 20.1 Å². The van der Waals surface area contributed by atoms with E-state index in [4.69, 9.17) is 37.2 Å². The van der Waals surface area contributed by atoms with Crippen LogP contribution in [0.25, 0.3) is 0 Å². The van der Waals surface area contributed by atoms with Gasteiger partial charge in [0.05, 0.1) is 22.2 Å². The maximum Gasteiger partial charge on any atom is 0.261 e. The summed E-state index contributed by atoms with van der Waals surface area (Å²) in [6, 6.07) is 16.9. The fourth-order valence-corrected chi connectivity index (χ4v) is 6.23. The average molecular weight is 721 g/mol. The smallest absolute Gasteiger partial charge is 0.261 e. The van der Waals surface area contributed by atoms with Gasteiger partial charge in [0.1, 0.15) is 19.0 Å². The predicted molar refractivity (Wildman–Crippen MR) is 188 cm³/mol. The third-order valence-electron chi connectivity index (χ3n) is 8.30. The van der Waals surface area contributed by atoms with Crippen molar-refractivity contribution in [3.05, 3.63) is 92.5 Å². The lowest BCUT2D eigenvalue weighted by molar-refractivity contribution is -0.138. The number of rotatable bonds is 11. The zero-order chi connectivity index (χ0) is 35.0. The molecule has 1 unspecified atom stereocenters. The Morgan fingerprint density at radius 1 is 0.979 bits per heavy atom. The monoisotopic (exact) mass is 719 g/mol. The van der Waals surface area contributed by atoms with Crippen molar-refractivity contribution in [3.8, 4) is 11.5 Å². The van der Waals surface area contributed by atoms with E-state index in [1.165, 1.54) is 16.7 Å². The number of hydrogen-bond acceptors (Lipinski definition) is 7. The van der Waals surface area contributed by atoms with Crippen LogP contribution in [0.1, 0.15) is 51.9 Å². The fraction of sp³-hybridized carbons (Fsp3) is 0.429.